The van der Waals surface area contributed by atoms with E-state index in [1.807, 2.05) is 10.3 Å². The van der Waals surface area contributed by atoms with Gasteiger partial charge >= 0.3 is 5.97 Å². The number of carbonyl (C=O) groups excluding carboxylic acids is 2. The molecule has 0 aromatic carbocycles. The maximum atomic E-state index is 13.9. The Morgan fingerprint density at radius 1 is 1.32 bits per heavy atom. The van der Waals surface area contributed by atoms with Crippen molar-refractivity contribution in [3.63, 3.8) is 0 Å². The largest absolute Gasteiger partial charge is 0.469 e. The van der Waals surface area contributed by atoms with E-state index in [-0.39, 0.29) is 35.2 Å². The summed E-state index contributed by atoms with van der Waals surface area (Å²) >= 11 is 1.63. The van der Waals surface area contributed by atoms with Gasteiger partial charge in [0.05, 0.1) is 13.0 Å². The smallest absolute Gasteiger partial charge is 0.310 e. The molecular formula is C25H37N5O3S. The number of nitrogens with one attached hydrogen (secondary N) is 2. The molecule has 1 aliphatic rings. The van der Waals surface area contributed by atoms with Crippen LogP contribution in [-0.4, -0.2) is 59.5 Å². The van der Waals surface area contributed by atoms with E-state index in [0.717, 1.165) is 5.56 Å². The van der Waals surface area contributed by atoms with E-state index >= 15 is 0 Å². The average molecular weight is 488 g/mol. The molecule has 1 fully saturated rings. The summed E-state index contributed by atoms with van der Waals surface area (Å²) in [7, 11) is 1.41. The van der Waals surface area contributed by atoms with Gasteiger partial charge in [0.25, 0.3) is 5.91 Å². The van der Waals surface area contributed by atoms with Crippen molar-refractivity contribution in [2.75, 3.05) is 32.1 Å². The van der Waals surface area contributed by atoms with Crippen molar-refractivity contribution in [1.82, 2.24) is 20.2 Å². The molecule has 0 bridgehead atoms. The number of aromatic nitrogens is 2. The minimum atomic E-state index is -0.276. The molecule has 9 heteroatoms. The van der Waals surface area contributed by atoms with Crippen LogP contribution in [0.3, 0.4) is 0 Å². The highest BCUT2D eigenvalue weighted by Gasteiger charge is 2.35. The molecule has 3 rings (SSSR count). The molecule has 3 heterocycles. The molecule has 8 nitrogen and oxygen atoms in total. The van der Waals surface area contributed by atoms with Crippen molar-refractivity contribution in [1.29, 1.82) is 0 Å². The number of hydrogen-bond acceptors (Lipinski definition) is 8. The van der Waals surface area contributed by atoms with Crippen LogP contribution in [0.25, 0.3) is 0 Å². The van der Waals surface area contributed by atoms with Crippen molar-refractivity contribution in [2.24, 2.45) is 11.8 Å². The van der Waals surface area contributed by atoms with Crippen molar-refractivity contribution in [2.45, 2.75) is 59.0 Å². The van der Waals surface area contributed by atoms with Crippen LogP contribution in [-0.2, 0) is 21.5 Å². The lowest BCUT2D eigenvalue weighted by Crippen LogP contribution is -2.53. The summed E-state index contributed by atoms with van der Waals surface area (Å²) in [6.07, 6.45) is 2.21. The van der Waals surface area contributed by atoms with Gasteiger partial charge in [-0.25, -0.2) is 9.97 Å². The van der Waals surface area contributed by atoms with Crippen molar-refractivity contribution >= 4 is 29.0 Å². The Kier molecular flexibility index (Phi) is 8.65. The minimum Gasteiger partial charge on any atom is -0.469 e. The Labute approximate surface area is 206 Å². The Morgan fingerprint density at radius 3 is 2.71 bits per heavy atom. The molecule has 1 saturated heterocycles. The molecule has 2 aromatic heterocycles. The number of ether oxygens (including phenoxy) is 1. The number of methoxy groups -OCH3 is 1. The first-order chi connectivity index (χ1) is 16.1. The highest BCUT2D eigenvalue weighted by Crippen LogP contribution is 2.26. The molecule has 2 atom stereocenters. The molecule has 0 unspecified atom stereocenters. The zero-order chi connectivity index (χ0) is 24.9. The number of anilines is 1. The fourth-order valence-corrected chi connectivity index (χ4v) is 4.73. The number of hydrogen-bond donors (Lipinski definition) is 2. The lowest BCUT2D eigenvalue weighted by molar-refractivity contribution is -0.146. The standard InChI is InChI=1S/C25H37N5O3S/c1-16(2)14-30(19-9-18(11-26-12-19)23(32)33-6)22(31)20-13-28-24(25(3,4)5)29-21(20)27-10-17-7-8-34-15-17/h7-8,13,15-16,18-19,26H,9-12,14H2,1-6H3,(H,27,28,29)/t18-,19-/m0/s1. The monoisotopic (exact) mass is 487 g/mol. The maximum Gasteiger partial charge on any atom is 0.310 e. The van der Waals surface area contributed by atoms with E-state index in [0.29, 0.717) is 49.8 Å². The Morgan fingerprint density at radius 2 is 2.09 bits per heavy atom. The lowest BCUT2D eigenvalue weighted by atomic mass is 9.93. The molecule has 34 heavy (non-hydrogen) atoms. The predicted octanol–water partition coefficient (Wildman–Crippen LogP) is 3.70. The number of amides is 1. The van der Waals surface area contributed by atoms with Gasteiger partial charge in [0.1, 0.15) is 17.2 Å². The van der Waals surface area contributed by atoms with Crippen molar-refractivity contribution in [3.8, 4) is 0 Å². The number of thiophene rings is 1. The predicted molar refractivity (Wildman–Crippen MR) is 135 cm³/mol. The topological polar surface area (TPSA) is 96.5 Å². The van der Waals surface area contributed by atoms with Crippen LogP contribution in [0.5, 0.6) is 0 Å². The molecule has 0 spiro atoms. The summed E-state index contributed by atoms with van der Waals surface area (Å²) in [6, 6.07) is 1.93. The molecule has 1 amide bonds. The molecule has 186 valence electrons. The molecule has 1 aliphatic heterocycles. The van der Waals surface area contributed by atoms with E-state index in [2.05, 4.69) is 61.7 Å². The lowest BCUT2D eigenvalue weighted by Gasteiger charge is -2.38. The second kappa shape index (κ2) is 11.3. The van der Waals surface area contributed by atoms with Gasteiger partial charge in [-0.2, -0.15) is 11.3 Å². The maximum absolute atomic E-state index is 13.9. The molecule has 0 saturated carbocycles. The van der Waals surface area contributed by atoms with Gasteiger partial charge in [-0.05, 0) is 34.7 Å². The highest BCUT2D eigenvalue weighted by molar-refractivity contribution is 7.07. The Balaban J connectivity index is 1.93. The number of carbonyl (C=O) groups is 2. The summed E-state index contributed by atoms with van der Waals surface area (Å²) in [4.78, 5) is 37.3. The van der Waals surface area contributed by atoms with Gasteiger partial charge in [0.2, 0.25) is 0 Å². The third-order valence-electron chi connectivity index (χ3n) is 5.86. The Bertz CT molecular complexity index is 971. The molecule has 0 radical (unpaired) electrons. The van der Waals surface area contributed by atoms with Crippen LogP contribution in [0.1, 0.15) is 62.8 Å². The summed E-state index contributed by atoms with van der Waals surface area (Å²) in [5.41, 5.74) is 1.33. The fourth-order valence-electron chi connectivity index (χ4n) is 4.06. The highest BCUT2D eigenvalue weighted by atomic mass is 32.1. The third kappa shape index (κ3) is 6.54. The average Bonchev–Trinajstić information content (AvgIpc) is 3.33. The molecule has 0 aliphatic carbocycles. The van der Waals surface area contributed by atoms with Crippen LogP contribution in [0.4, 0.5) is 5.82 Å². The third-order valence-corrected chi connectivity index (χ3v) is 6.59. The second-order valence-corrected chi connectivity index (χ2v) is 11.1. The Hall–Kier alpha value is -2.52. The summed E-state index contributed by atoms with van der Waals surface area (Å²) < 4.78 is 4.96. The summed E-state index contributed by atoms with van der Waals surface area (Å²) in [5.74, 6) is 0.835. The number of nitrogens with zero attached hydrogens (tertiary/aromatic N) is 3. The zero-order valence-corrected chi connectivity index (χ0v) is 21.9. The first kappa shape index (κ1) is 26.1. The van der Waals surface area contributed by atoms with Crippen molar-refractivity contribution < 1.29 is 14.3 Å². The van der Waals surface area contributed by atoms with Gasteiger partial charge in [0.15, 0.2) is 0 Å². The van der Waals surface area contributed by atoms with E-state index in [1.54, 1.807) is 17.5 Å². The first-order valence-electron chi connectivity index (χ1n) is 11.8. The van der Waals surface area contributed by atoms with Gasteiger partial charge < -0.3 is 20.3 Å². The van der Waals surface area contributed by atoms with Gasteiger partial charge in [-0.1, -0.05) is 34.6 Å². The van der Waals surface area contributed by atoms with Gasteiger partial charge in [0, 0.05) is 43.8 Å². The van der Waals surface area contributed by atoms with Crippen LogP contribution in [0.2, 0.25) is 0 Å². The van der Waals surface area contributed by atoms with E-state index in [1.165, 1.54) is 7.11 Å². The number of rotatable bonds is 8. The zero-order valence-electron chi connectivity index (χ0n) is 21.1. The molecular weight excluding hydrogens is 450 g/mol. The minimum absolute atomic E-state index is 0.125. The van der Waals surface area contributed by atoms with Crippen LogP contribution >= 0.6 is 11.3 Å². The second-order valence-electron chi connectivity index (χ2n) is 10.3. The van der Waals surface area contributed by atoms with E-state index in [9.17, 15) is 9.59 Å². The van der Waals surface area contributed by atoms with E-state index in [4.69, 9.17) is 9.72 Å². The molecule has 2 aromatic rings. The summed E-state index contributed by atoms with van der Waals surface area (Å²) in [5, 5.41) is 10.8. The quantitative estimate of drug-likeness (QED) is 0.548. The normalized spacial score (nSPS) is 18.6. The number of piperidine rings is 1. The molecule has 2 N–H and O–H groups in total. The van der Waals surface area contributed by atoms with Gasteiger partial charge in [-0.15, -0.1) is 0 Å². The number of esters is 1. The van der Waals surface area contributed by atoms with Crippen LogP contribution < -0.4 is 10.6 Å². The SMILES string of the molecule is COC(=O)[C@@H]1CNC[C@@H](N(CC(C)C)C(=O)c2cnc(C(C)(C)C)nc2NCc2ccsc2)C1. The fraction of sp³-hybridized carbons (Fsp3) is 0.600. The van der Waals surface area contributed by atoms with Crippen LogP contribution in [0.15, 0.2) is 23.0 Å². The van der Waals surface area contributed by atoms with Gasteiger partial charge in [-0.3, -0.25) is 9.59 Å². The van der Waals surface area contributed by atoms with E-state index < -0.39 is 0 Å². The van der Waals surface area contributed by atoms with Crippen molar-refractivity contribution in [3.05, 3.63) is 40.0 Å². The first-order valence-corrected chi connectivity index (χ1v) is 12.8. The van der Waals surface area contributed by atoms with Crippen LogP contribution in [0, 0.1) is 11.8 Å². The summed E-state index contributed by atoms with van der Waals surface area (Å²) in [6.45, 7) is 12.7.